The van der Waals surface area contributed by atoms with Crippen LogP contribution in [0.2, 0.25) is 0 Å². The zero-order valence-corrected chi connectivity index (χ0v) is 9.15. The fourth-order valence-corrected chi connectivity index (χ4v) is 2.23. The maximum absolute atomic E-state index is 10.8. The number of rotatable bonds is 2. The van der Waals surface area contributed by atoms with Gasteiger partial charge in [-0.05, 0) is 17.9 Å². The van der Waals surface area contributed by atoms with Gasteiger partial charge in [0.15, 0.2) is 0 Å². The molecule has 1 aromatic rings. The van der Waals surface area contributed by atoms with Gasteiger partial charge in [0, 0.05) is 19.1 Å². The minimum atomic E-state index is -0.444. The molecule has 0 saturated carbocycles. The third kappa shape index (κ3) is 2.73. The average Bonchev–Trinajstić information content (AvgIpc) is 2.30. The lowest BCUT2D eigenvalue weighted by atomic mass is 9.89. The number of hydrogen-bond donors (Lipinski definition) is 3. The number of piperidine rings is 1. The van der Waals surface area contributed by atoms with Crippen LogP contribution >= 0.6 is 0 Å². The SMILES string of the molecule is NC(=O)NC1CNCC(c2ccccc2)C1. The Labute approximate surface area is 95.2 Å². The van der Waals surface area contributed by atoms with Crippen LogP contribution in [-0.4, -0.2) is 25.2 Å². The first-order valence-electron chi connectivity index (χ1n) is 5.57. The van der Waals surface area contributed by atoms with Crippen molar-refractivity contribution in [1.29, 1.82) is 0 Å². The molecule has 1 saturated heterocycles. The summed E-state index contributed by atoms with van der Waals surface area (Å²) in [5.41, 5.74) is 6.44. The minimum Gasteiger partial charge on any atom is -0.352 e. The number of nitrogens with two attached hydrogens (primary N) is 1. The third-order valence-corrected chi connectivity index (χ3v) is 2.97. The van der Waals surface area contributed by atoms with Gasteiger partial charge in [0.25, 0.3) is 0 Å². The van der Waals surface area contributed by atoms with E-state index >= 15 is 0 Å². The summed E-state index contributed by atoms with van der Waals surface area (Å²) in [6, 6.07) is 10.0. The van der Waals surface area contributed by atoms with Crippen molar-refractivity contribution in [1.82, 2.24) is 10.6 Å². The largest absolute Gasteiger partial charge is 0.352 e. The molecule has 0 radical (unpaired) electrons. The highest BCUT2D eigenvalue weighted by molar-refractivity contribution is 5.72. The Bertz CT molecular complexity index is 353. The molecule has 0 aromatic heterocycles. The minimum absolute atomic E-state index is 0.136. The van der Waals surface area contributed by atoms with Crippen LogP contribution in [0.15, 0.2) is 30.3 Å². The molecule has 1 aromatic carbocycles. The summed E-state index contributed by atoms with van der Waals surface area (Å²) in [6.07, 6.45) is 0.944. The summed E-state index contributed by atoms with van der Waals surface area (Å²) in [4.78, 5) is 10.8. The summed E-state index contributed by atoms with van der Waals surface area (Å²) < 4.78 is 0. The van der Waals surface area contributed by atoms with E-state index in [-0.39, 0.29) is 6.04 Å². The van der Waals surface area contributed by atoms with E-state index in [4.69, 9.17) is 5.73 Å². The second kappa shape index (κ2) is 4.99. The summed E-state index contributed by atoms with van der Waals surface area (Å²) in [7, 11) is 0. The van der Waals surface area contributed by atoms with Gasteiger partial charge < -0.3 is 16.4 Å². The third-order valence-electron chi connectivity index (χ3n) is 2.97. The number of benzene rings is 1. The lowest BCUT2D eigenvalue weighted by Crippen LogP contribution is -2.49. The van der Waals surface area contributed by atoms with Gasteiger partial charge in [-0.25, -0.2) is 4.79 Å². The number of amides is 2. The molecule has 1 heterocycles. The van der Waals surface area contributed by atoms with Crippen molar-refractivity contribution in [3.8, 4) is 0 Å². The molecule has 2 unspecified atom stereocenters. The van der Waals surface area contributed by atoms with Crippen molar-refractivity contribution >= 4 is 6.03 Å². The Morgan fingerprint density at radius 2 is 2.06 bits per heavy atom. The molecule has 16 heavy (non-hydrogen) atoms. The Balaban J connectivity index is 1.99. The molecule has 0 bridgehead atoms. The van der Waals surface area contributed by atoms with Crippen molar-refractivity contribution in [3.63, 3.8) is 0 Å². The molecule has 4 heteroatoms. The van der Waals surface area contributed by atoms with Gasteiger partial charge in [-0.15, -0.1) is 0 Å². The van der Waals surface area contributed by atoms with Gasteiger partial charge in [-0.3, -0.25) is 0 Å². The Morgan fingerprint density at radius 1 is 1.31 bits per heavy atom. The van der Waals surface area contributed by atoms with Gasteiger partial charge in [-0.2, -0.15) is 0 Å². The summed E-state index contributed by atoms with van der Waals surface area (Å²) in [5.74, 6) is 0.451. The van der Waals surface area contributed by atoms with Crippen LogP contribution in [-0.2, 0) is 0 Å². The first-order valence-corrected chi connectivity index (χ1v) is 5.57. The number of carbonyl (C=O) groups excluding carboxylic acids is 1. The van der Waals surface area contributed by atoms with Crippen LogP contribution < -0.4 is 16.4 Å². The first kappa shape index (κ1) is 11.0. The fraction of sp³-hybridized carbons (Fsp3) is 0.417. The highest BCUT2D eigenvalue weighted by atomic mass is 16.2. The van der Waals surface area contributed by atoms with Gasteiger partial charge in [0.05, 0.1) is 0 Å². The lowest BCUT2D eigenvalue weighted by Gasteiger charge is -2.30. The number of urea groups is 1. The van der Waals surface area contributed by atoms with Crippen molar-refractivity contribution < 1.29 is 4.79 Å². The normalized spacial score (nSPS) is 25.0. The average molecular weight is 219 g/mol. The highest BCUT2D eigenvalue weighted by Crippen LogP contribution is 2.22. The van der Waals surface area contributed by atoms with Gasteiger partial charge in [-0.1, -0.05) is 30.3 Å². The van der Waals surface area contributed by atoms with E-state index in [1.807, 2.05) is 18.2 Å². The van der Waals surface area contributed by atoms with Crippen LogP contribution in [0, 0.1) is 0 Å². The fourth-order valence-electron chi connectivity index (χ4n) is 2.23. The van der Waals surface area contributed by atoms with E-state index in [2.05, 4.69) is 22.8 Å². The van der Waals surface area contributed by atoms with E-state index in [0.29, 0.717) is 5.92 Å². The zero-order chi connectivity index (χ0) is 11.4. The second-order valence-electron chi connectivity index (χ2n) is 4.21. The van der Waals surface area contributed by atoms with E-state index in [0.717, 1.165) is 19.5 Å². The molecular formula is C12H17N3O. The molecule has 2 amide bonds. The number of hydrogen-bond acceptors (Lipinski definition) is 2. The van der Waals surface area contributed by atoms with Crippen LogP contribution in [0.4, 0.5) is 4.79 Å². The van der Waals surface area contributed by atoms with Crippen LogP contribution in [0.1, 0.15) is 17.9 Å². The van der Waals surface area contributed by atoms with Crippen LogP contribution in [0.3, 0.4) is 0 Å². The highest BCUT2D eigenvalue weighted by Gasteiger charge is 2.23. The summed E-state index contributed by atoms with van der Waals surface area (Å²) in [6.45, 7) is 1.76. The number of nitrogens with one attached hydrogen (secondary N) is 2. The molecule has 0 aliphatic carbocycles. The van der Waals surface area contributed by atoms with Crippen molar-refractivity contribution in [2.75, 3.05) is 13.1 Å². The topological polar surface area (TPSA) is 67.2 Å². The number of carbonyl (C=O) groups is 1. The molecule has 1 aliphatic rings. The molecular weight excluding hydrogens is 202 g/mol. The molecule has 86 valence electrons. The summed E-state index contributed by atoms with van der Waals surface area (Å²) in [5, 5.41) is 6.08. The van der Waals surface area contributed by atoms with Gasteiger partial charge in [0.1, 0.15) is 0 Å². The second-order valence-corrected chi connectivity index (χ2v) is 4.21. The maximum atomic E-state index is 10.8. The van der Waals surface area contributed by atoms with E-state index in [9.17, 15) is 4.79 Å². The molecule has 4 N–H and O–H groups in total. The van der Waals surface area contributed by atoms with Crippen LogP contribution in [0.25, 0.3) is 0 Å². The van der Waals surface area contributed by atoms with Gasteiger partial charge >= 0.3 is 6.03 Å². The smallest absolute Gasteiger partial charge is 0.312 e. The van der Waals surface area contributed by atoms with Crippen LogP contribution in [0.5, 0.6) is 0 Å². The molecule has 1 aliphatic heterocycles. The van der Waals surface area contributed by atoms with Crippen molar-refractivity contribution in [3.05, 3.63) is 35.9 Å². The molecule has 2 rings (SSSR count). The van der Waals surface area contributed by atoms with E-state index in [1.165, 1.54) is 5.56 Å². The predicted octanol–water partition coefficient (Wildman–Crippen LogP) is 0.800. The van der Waals surface area contributed by atoms with Crippen molar-refractivity contribution in [2.45, 2.75) is 18.4 Å². The Morgan fingerprint density at radius 3 is 2.75 bits per heavy atom. The van der Waals surface area contributed by atoms with E-state index < -0.39 is 6.03 Å². The standard InChI is InChI=1S/C12H17N3O/c13-12(16)15-11-6-10(7-14-8-11)9-4-2-1-3-5-9/h1-5,10-11,14H,6-8H2,(H3,13,15,16). The Hall–Kier alpha value is -1.55. The molecule has 4 nitrogen and oxygen atoms in total. The maximum Gasteiger partial charge on any atom is 0.312 e. The summed E-state index contributed by atoms with van der Waals surface area (Å²) >= 11 is 0. The van der Waals surface area contributed by atoms with E-state index in [1.54, 1.807) is 0 Å². The Kier molecular flexibility index (Phi) is 3.41. The monoisotopic (exact) mass is 219 g/mol. The lowest BCUT2D eigenvalue weighted by molar-refractivity contribution is 0.240. The molecule has 1 fully saturated rings. The van der Waals surface area contributed by atoms with Gasteiger partial charge in [0.2, 0.25) is 0 Å². The van der Waals surface area contributed by atoms with Crippen molar-refractivity contribution in [2.24, 2.45) is 5.73 Å². The molecule has 0 spiro atoms. The predicted molar refractivity (Wildman–Crippen MR) is 63.2 cm³/mol. The first-order chi connectivity index (χ1) is 7.75. The zero-order valence-electron chi connectivity index (χ0n) is 9.15. The number of primary amides is 1. The molecule has 2 atom stereocenters. The quantitative estimate of drug-likeness (QED) is 0.688.